The highest BCUT2D eigenvalue weighted by atomic mass is 16.8. The molecule has 0 radical (unpaired) electrons. The fourth-order valence-corrected chi connectivity index (χ4v) is 4.07. The molecule has 0 unspecified atom stereocenters. The summed E-state index contributed by atoms with van der Waals surface area (Å²) in [6.45, 7) is 4.57. The van der Waals surface area contributed by atoms with Crippen LogP contribution in [0.5, 0.6) is 5.75 Å². The summed E-state index contributed by atoms with van der Waals surface area (Å²) in [4.78, 5) is 0. The minimum absolute atomic E-state index is 0.358. The second-order valence-electron chi connectivity index (χ2n) is 8.44. The van der Waals surface area contributed by atoms with E-state index in [-0.39, 0.29) is 18.3 Å². The van der Waals surface area contributed by atoms with Gasteiger partial charge in [0.1, 0.15) is 24.1 Å². The molecule has 0 saturated carbocycles. The summed E-state index contributed by atoms with van der Waals surface area (Å²) in [6, 6.07) is 17.7. The zero-order valence-corrected chi connectivity index (χ0v) is 18.7. The summed E-state index contributed by atoms with van der Waals surface area (Å²) in [5, 5.41) is 0. The Morgan fingerprint density at radius 1 is 1.00 bits per heavy atom. The van der Waals surface area contributed by atoms with Crippen LogP contribution in [-0.2, 0) is 36.9 Å². The van der Waals surface area contributed by atoms with Crippen LogP contribution in [0.25, 0.3) is 0 Å². The number of hydrogen-bond acceptors (Lipinski definition) is 6. The fraction of sp³-hybridized carbons (Fsp3) is 0.462. The van der Waals surface area contributed by atoms with Crippen LogP contribution >= 0.6 is 0 Å². The number of rotatable bonds is 9. The van der Waals surface area contributed by atoms with Crippen molar-refractivity contribution in [1.29, 1.82) is 0 Å². The van der Waals surface area contributed by atoms with Gasteiger partial charge in [0.25, 0.3) is 0 Å². The molecule has 2 aromatic carbocycles. The molecule has 0 bridgehead atoms. The first-order valence-electron chi connectivity index (χ1n) is 10.8. The molecule has 2 saturated heterocycles. The lowest BCUT2D eigenvalue weighted by Crippen LogP contribution is -2.43. The maximum Gasteiger partial charge on any atom is 0.190 e. The maximum absolute atomic E-state index is 6.32. The molecule has 2 heterocycles. The van der Waals surface area contributed by atoms with Crippen LogP contribution in [0.15, 0.2) is 54.6 Å². The highest BCUT2D eigenvalue weighted by Gasteiger charge is 2.57. The van der Waals surface area contributed by atoms with Crippen molar-refractivity contribution in [3.05, 3.63) is 65.7 Å². The quantitative estimate of drug-likeness (QED) is 0.551. The lowest BCUT2D eigenvalue weighted by atomic mass is 10.0. The Balaban J connectivity index is 1.48. The summed E-state index contributed by atoms with van der Waals surface area (Å²) >= 11 is 0. The van der Waals surface area contributed by atoms with Crippen molar-refractivity contribution in [3.63, 3.8) is 0 Å². The monoisotopic (exact) mass is 438 g/mol. The van der Waals surface area contributed by atoms with Gasteiger partial charge in [0.05, 0.1) is 26.4 Å². The molecular weight excluding hydrogens is 408 g/mol. The second kappa shape index (κ2) is 10.0. The molecule has 6 heteroatoms. The topological polar surface area (TPSA) is 55.4 Å². The van der Waals surface area contributed by atoms with Crippen molar-refractivity contribution in [1.82, 2.24) is 0 Å². The number of terminal acetylenes is 1. The second-order valence-corrected chi connectivity index (χ2v) is 8.44. The first kappa shape index (κ1) is 22.8. The van der Waals surface area contributed by atoms with Crippen molar-refractivity contribution in [3.8, 4) is 18.1 Å². The first-order valence-corrected chi connectivity index (χ1v) is 10.8. The number of benzene rings is 2. The average Bonchev–Trinajstić information content (AvgIpc) is 3.27. The van der Waals surface area contributed by atoms with E-state index in [4.69, 9.17) is 34.8 Å². The van der Waals surface area contributed by atoms with Gasteiger partial charge in [-0.3, -0.25) is 0 Å². The van der Waals surface area contributed by atoms with E-state index >= 15 is 0 Å². The Kier molecular flexibility index (Phi) is 7.14. The van der Waals surface area contributed by atoms with Crippen molar-refractivity contribution in [2.75, 3.05) is 7.11 Å². The summed E-state index contributed by atoms with van der Waals surface area (Å²) in [7, 11) is 1.64. The van der Waals surface area contributed by atoms with Crippen molar-refractivity contribution in [2.45, 2.75) is 70.0 Å². The lowest BCUT2D eigenvalue weighted by molar-refractivity contribution is -0.234. The molecule has 0 N–H and O–H groups in total. The Bertz CT molecular complexity index is 904. The molecule has 4 rings (SSSR count). The Hall–Kier alpha value is -2.40. The molecule has 170 valence electrons. The third-order valence-corrected chi connectivity index (χ3v) is 5.62. The fourth-order valence-electron chi connectivity index (χ4n) is 4.07. The molecule has 2 aliphatic heterocycles. The van der Waals surface area contributed by atoms with E-state index in [1.165, 1.54) is 0 Å². The largest absolute Gasteiger partial charge is 0.497 e. The molecule has 6 nitrogen and oxygen atoms in total. The molecule has 32 heavy (non-hydrogen) atoms. The zero-order chi connectivity index (χ0) is 22.6. The van der Waals surface area contributed by atoms with Gasteiger partial charge in [0, 0.05) is 6.42 Å². The summed E-state index contributed by atoms with van der Waals surface area (Å²) in [5.74, 6) is 2.78. The Morgan fingerprint density at radius 2 is 1.72 bits per heavy atom. The van der Waals surface area contributed by atoms with E-state index in [2.05, 4.69) is 5.92 Å². The number of methoxy groups -OCH3 is 1. The van der Waals surface area contributed by atoms with Crippen LogP contribution in [0, 0.1) is 12.3 Å². The van der Waals surface area contributed by atoms with Crippen LogP contribution in [0.1, 0.15) is 31.4 Å². The molecular formula is C26H30O6. The SMILES string of the molecule is C#CC[C@@H](OCc1ccc(OC)cc1)[C@H]1O[C@@H]2OC(C)(C)O[C@@H]2[C@@H]1OCc1ccccc1. The lowest BCUT2D eigenvalue weighted by Gasteiger charge is -2.30. The predicted molar refractivity (Wildman–Crippen MR) is 119 cm³/mol. The molecule has 0 aromatic heterocycles. The first-order chi connectivity index (χ1) is 15.5. The Labute approximate surface area is 189 Å². The summed E-state index contributed by atoms with van der Waals surface area (Å²) < 4.78 is 36.1. The number of hydrogen-bond donors (Lipinski definition) is 0. The predicted octanol–water partition coefficient (Wildman–Crippen LogP) is 4.07. The minimum atomic E-state index is -0.736. The van der Waals surface area contributed by atoms with Crippen LogP contribution < -0.4 is 4.74 Å². The third kappa shape index (κ3) is 5.32. The van der Waals surface area contributed by atoms with Gasteiger partial charge in [0.2, 0.25) is 0 Å². The average molecular weight is 439 g/mol. The summed E-state index contributed by atoms with van der Waals surface area (Å²) in [5.41, 5.74) is 2.09. The van der Waals surface area contributed by atoms with Gasteiger partial charge in [-0.1, -0.05) is 42.5 Å². The highest BCUT2D eigenvalue weighted by molar-refractivity contribution is 5.26. The number of ether oxygens (including phenoxy) is 6. The van der Waals surface area contributed by atoms with Gasteiger partial charge >= 0.3 is 0 Å². The van der Waals surface area contributed by atoms with E-state index in [0.29, 0.717) is 19.6 Å². The molecule has 5 atom stereocenters. The molecule has 0 aliphatic carbocycles. The van der Waals surface area contributed by atoms with Crippen molar-refractivity contribution < 1.29 is 28.4 Å². The van der Waals surface area contributed by atoms with Crippen LogP contribution in [-0.4, -0.2) is 43.6 Å². The van der Waals surface area contributed by atoms with Crippen LogP contribution in [0.4, 0.5) is 0 Å². The van der Waals surface area contributed by atoms with E-state index in [1.54, 1.807) is 7.11 Å². The third-order valence-electron chi connectivity index (χ3n) is 5.62. The molecule has 2 aromatic rings. The standard InChI is InChI=1S/C26H30O6/c1-5-9-21(28-16-19-12-14-20(27-4)15-13-19)22-23(29-17-18-10-7-6-8-11-18)24-25(30-22)32-26(2,3)31-24/h1,6-8,10-15,21-25H,9,16-17H2,2-4H3/t21-,22-,23-,24-,25-/m1/s1. The van der Waals surface area contributed by atoms with E-state index in [0.717, 1.165) is 16.9 Å². The zero-order valence-electron chi connectivity index (χ0n) is 18.7. The van der Waals surface area contributed by atoms with Crippen molar-refractivity contribution in [2.24, 2.45) is 0 Å². The van der Waals surface area contributed by atoms with E-state index in [9.17, 15) is 0 Å². The van der Waals surface area contributed by atoms with Gasteiger partial charge in [0.15, 0.2) is 12.1 Å². The van der Waals surface area contributed by atoms with E-state index in [1.807, 2.05) is 68.4 Å². The Morgan fingerprint density at radius 3 is 2.41 bits per heavy atom. The van der Waals surface area contributed by atoms with Gasteiger partial charge in [-0.25, -0.2) is 0 Å². The van der Waals surface area contributed by atoms with Gasteiger partial charge in [-0.2, -0.15) is 0 Å². The minimum Gasteiger partial charge on any atom is -0.497 e. The molecule has 0 amide bonds. The number of fused-ring (bicyclic) bond motifs is 1. The van der Waals surface area contributed by atoms with Crippen LogP contribution in [0.2, 0.25) is 0 Å². The highest BCUT2D eigenvalue weighted by Crippen LogP contribution is 2.41. The smallest absolute Gasteiger partial charge is 0.190 e. The van der Waals surface area contributed by atoms with Crippen LogP contribution in [0.3, 0.4) is 0 Å². The van der Waals surface area contributed by atoms with Crippen molar-refractivity contribution >= 4 is 0 Å². The molecule has 2 aliphatic rings. The van der Waals surface area contributed by atoms with Gasteiger partial charge < -0.3 is 28.4 Å². The van der Waals surface area contributed by atoms with Gasteiger partial charge in [-0.15, -0.1) is 12.3 Å². The summed E-state index contributed by atoms with van der Waals surface area (Å²) in [6.07, 6.45) is 4.00. The van der Waals surface area contributed by atoms with E-state index < -0.39 is 18.2 Å². The maximum atomic E-state index is 6.32. The van der Waals surface area contributed by atoms with Gasteiger partial charge in [-0.05, 0) is 37.1 Å². The molecule has 0 spiro atoms. The molecule has 2 fully saturated rings. The normalized spacial score (nSPS) is 26.9.